The Morgan fingerprint density at radius 2 is 2.44 bits per heavy atom. The van der Waals surface area contributed by atoms with E-state index in [1.54, 1.807) is 0 Å². The number of carbonyl (C=O) groups excluding carboxylic acids is 2. The second-order valence-electron chi connectivity index (χ2n) is 1.99. The highest BCUT2D eigenvalue weighted by Crippen LogP contribution is 2.00. The fraction of sp³-hybridized carbons (Fsp3) is 0.600. The van der Waals surface area contributed by atoms with Crippen molar-refractivity contribution >= 4 is 11.8 Å². The first-order valence-electron chi connectivity index (χ1n) is 3.19. The summed E-state index contributed by atoms with van der Waals surface area (Å²) < 4.78 is 6.87. The molecule has 2 amide bonds. The fourth-order valence-corrected chi connectivity index (χ4v) is 0.664. The first kappa shape index (κ1) is 4.93. The van der Waals surface area contributed by atoms with Crippen molar-refractivity contribution in [2.24, 2.45) is 5.73 Å². The molecular formula is C5H8N2O2. The van der Waals surface area contributed by atoms with Gasteiger partial charge in [0.05, 0.1) is 6.04 Å². The minimum Gasteiger partial charge on any atom is -0.320 e. The molecule has 1 saturated heterocycles. The van der Waals surface area contributed by atoms with Crippen molar-refractivity contribution in [1.82, 2.24) is 5.31 Å². The minimum atomic E-state index is -0.657. The quantitative estimate of drug-likeness (QED) is 0.401. The molecular weight excluding hydrogens is 120 g/mol. The Morgan fingerprint density at radius 1 is 1.78 bits per heavy atom. The SMILES string of the molecule is [2H]N1C(=O)CC[C@H](N)C1=O. The Kier molecular flexibility index (Phi) is 1.17. The molecule has 9 heavy (non-hydrogen) atoms. The number of imide groups is 1. The predicted octanol–water partition coefficient (Wildman–Crippen LogP) is -1.25. The van der Waals surface area contributed by atoms with Crippen molar-refractivity contribution in [3.8, 4) is 0 Å². The van der Waals surface area contributed by atoms with Gasteiger partial charge in [0.2, 0.25) is 11.8 Å². The van der Waals surface area contributed by atoms with Gasteiger partial charge in [-0.1, -0.05) is 0 Å². The van der Waals surface area contributed by atoms with Gasteiger partial charge in [-0.05, 0) is 6.42 Å². The third-order valence-electron chi connectivity index (χ3n) is 1.22. The van der Waals surface area contributed by atoms with E-state index in [0.717, 1.165) is 0 Å². The lowest BCUT2D eigenvalue weighted by molar-refractivity contribution is -0.134. The molecule has 0 saturated carbocycles. The number of hydrogen-bond acceptors (Lipinski definition) is 3. The van der Waals surface area contributed by atoms with Gasteiger partial charge in [-0.15, -0.1) is 0 Å². The van der Waals surface area contributed by atoms with Gasteiger partial charge < -0.3 is 5.73 Å². The zero-order valence-electron chi connectivity index (χ0n) is 5.83. The lowest BCUT2D eigenvalue weighted by atomic mass is 10.1. The molecule has 0 aromatic heterocycles. The maximum atomic E-state index is 10.7. The number of nitrogens with two attached hydrogens (primary N) is 1. The Balaban J connectivity index is 2.70. The largest absolute Gasteiger partial charge is 0.320 e. The molecule has 0 aromatic rings. The average molecular weight is 129 g/mol. The Morgan fingerprint density at radius 3 is 3.00 bits per heavy atom. The molecule has 1 fully saturated rings. The monoisotopic (exact) mass is 129 g/mol. The molecule has 0 unspecified atom stereocenters. The van der Waals surface area contributed by atoms with Crippen LogP contribution in [0.3, 0.4) is 0 Å². The highest BCUT2D eigenvalue weighted by molar-refractivity contribution is 6.00. The van der Waals surface area contributed by atoms with Crippen LogP contribution in [0.25, 0.3) is 0 Å². The summed E-state index contributed by atoms with van der Waals surface area (Å²) in [7, 11) is 0. The number of amides is 2. The molecule has 50 valence electrons. The first-order chi connectivity index (χ1) is 4.63. The van der Waals surface area contributed by atoms with Gasteiger partial charge in [-0.2, -0.15) is 0 Å². The summed E-state index contributed by atoms with van der Waals surface area (Å²) in [6, 6.07) is -0.657. The van der Waals surface area contributed by atoms with E-state index < -0.39 is 17.9 Å². The van der Waals surface area contributed by atoms with Gasteiger partial charge in [-0.3, -0.25) is 14.9 Å². The van der Waals surface area contributed by atoms with Crippen molar-refractivity contribution in [3.05, 3.63) is 0 Å². The van der Waals surface area contributed by atoms with Crippen molar-refractivity contribution < 1.29 is 11.0 Å². The topological polar surface area (TPSA) is 72.2 Å². The molecule has 1 rings (SSSR count). The smallest absolute Gasteiger partial charge is 0.243 e. The van der Waals surface area contributed by atoms with Crippen LogP contribution in [-0.2, 0) is 9.59 Å². The Labute approximate surface area is 53.9 Å². The molecule has 1 heterocycles. The van der Waals surface area contributed by atoms with E-state index in [2.05, 4.69) is 0 Å². The van der Waals surface area contributed by atoms with Gasteiger partial charge in [0.1, 0.15) is 0 Å². The molecule has 3 N–H and O–H groups in total. The van der Waals surface area contributed by atoms with Gasteiger partial charge in [0, 0.05) is 6.42 Å². The van der Waals surface area contributed by atoms with Crippen LogP contribution < -0.4 is 11.0 Å². The summed E-state index contributed by atoms with van der Waals surface area (Å²) >= 11 is 0. The van der Waals surface area contributed by atoms with E-state index in [1.165, 1.54) is 0 Å². The van der Waals surface area contributed by atoms with E-state index in [4.69, 9.17) is 7.15 Å². The van der Waals surface area contributed by atoms with Gasteiger partial charge in [0.15, 0.2) is 1.41 Å². The summed E-state index contributed by atoms with van der Waals surface area (Å²) in [5.41, 5.74) is 5.27. The summed E-state index contributed by atoms with van der Waals surface area (Å²) in [6.07, 6.45) is 0.573. The predicted molar refractivity (Wildman–Crippen MR) is 30.4 cm³/mol. The molecule has 0 bridgehead atoms. The second kappa shape index (κ2) is 2.14. The van der Waals surface area contributed by atoms with Crippen molar-refractivity contribution in [2.75, 3.05) is 0 Å². The lowest BCUT2D eigenvalue weighted by Gasteiger charge is -2.15. The molecule has 4 nitrogen and oxygen atoms in total. The number of hydrogen-bond donors (Lipinski definition) is 2. The molecule has 1 atom stereocenters. The van der Waals surface area contributed by atoms with Crippen LogP contribution >= 0.6 is 0 Å². The van der Waals surface area contributed by atoms with E-state index in [0.29, 0.717) is 11.7 Å². The van der Waals surface area contributed by atoms with E-state index >= 15 is 0 Å². The van der Waals surface area contributed by atoms with E-state index in [9.17, 15) is 9.59 Å². The Bertz CT molecular complexity index is 182. The number of piperidine rings is 1. The standard InChI is InChI=1S/C5H8N2O2/c6-3-1-2-4(8)7-5(3)9/h3H,1-2,6H2,(H,7,8,9)/t3-/m0/s1/i/hD. The van der Waals surface area contributed by atoms with Gasteiger partial charge >= 0.3 is 0 Å². The summed E-state index contributed by atoms with van der Waals surface area (Å²) in [6.45, 7) is 0. The summed E-state index contributed by atoms with van der Waals surface area (Å²) in [5, 5.41) is 0.341. The molecule has 4 heteroatoms. The summed E-state index contributed by atoms with van der Waals surface area (Å²) in [5.74, 6) is -1.07. The second-order valence-corrected chi connectivity index (χ2v) is 1.99. The first-order valence-corrected chi connectivity index (χ1v) is 2.74. The maximum Gasteiger partial charge on any atom is 0.243 e. The van der Waals surface area contributed by atoms with Crippen molar-refractivity contribution in [1.29, 1.82) is 0 Å². The van der Waals surface area contributed by atoms with Crippen LogP contribution in [0.4, 0.5) is 0 Å². The fourth-order valence-electron chi connectivity index (χ4n) is 0.664. The normalized spacial score (nSPS) is 30.6. The molecule has 0 aromatic carbocycles. The zero-order valence-corrected chi connectivity index (χ0v) is 4.83. The van der Waals surface area contributed by atoms with Crippen LogP contribution in [0, 0.1) is 0 Å². The van der Waals surface area contributed by atoms with Crippen LogP contribution in [0.5, 0.6) is 0 Å². The van der Waals surface area contributed by atoms with Crippen LogP contribution in [-0.4, -0.2) is 17.9 Å². The van der Waals surface area contributed by atoms with E-state index in [1.807, 2.05) is 0 Å². The van der Waals surface area contributed by atoms with Crippen molar-refractivity contribution in [2.45, 2.75) is 18.9 Å². The number of nitrogens with one attached hydrogen (secondary N) is 1. The zero-order chi connectivity index (χ0) is 7.72. The molecule has 1 aliphatic heterocycles. The van der Waals surface area contributed by atoms with Gasteiger partial charge in [-0.25, -0.2) is 0 Å². The number of rotatable bonds is 0. The molecule has 0 spiro atoms. The number of carbonyl (C=O) groups is 2. The van der Waals surface area contributed by atoms with Crippen LogP contribution in [0.15, 0.2) is 0 Å². The van der Waals surface area contributed by atoms with Crippen LogP contribution in [0.1, 0.15) is 12.8 Å². The maximum absolute atomic E-state index is 10.7. The Hall–Kier alpha value is -0.900. The molecule has 0 radical (unpaired) electrons. The molecule has 1 aliphatic rings. The van der Waals surface area contributed by atoms with E-state index in [-0.39, 0.29) is 6.42 Å². The highest BCUT2D eigenvalue weighted by Gasteiger charge is 2.22. The average Bonchev–Trinajstić information content (AvgIpc) is 1.93. The minimum absolute atomic E-state index is 0.205. The van der Waals surface area contributed by atoms with Crippen molar-refractivity contribution in [3.63, 3.8) is 0 Å². The lowest BCUT2D eigenvalue weighted by Crippen LogP contribution is -2.48. The third-order valence-corrected chi connectivity index (χ3v) is 1.22. The third kappa shape index (κ3) is 1.26. The van der Waals surface area contributed by atoms with Crippen LogP contribution in [0.2, 0.25) is 1.41 Å². The molecule has 0 aliphatic carbocycles. The highest BCUT2D eigenvalue weighted by atomic mass is 16.2. The van der Waals surface area contributed by atoms with Gasteiger partial charge in [0.25, 0.3) is 0 Å². The summed E-state index contributed by atoms with van der Waals surface area (Å²) in [4.78, 5) is 21.3.